The summed E-state index contributed by atoms with van der Waals surface area (Å²) < 4.78 is 5.88. The first-order valence-electron chi connectivity index (χ1n) is 5.77. The fourth-order valence-electron chi connectivity index (χ4n) is 1.52. The molecule has 3 nitrogen and oxygen atoms in total. The Morgan fingerprint density at radius 1 is 1.44 bits per heavy atom. The van der Waals surface area contributed by atoms with Crippen LogP contribution in [0.5, 0.6) is 0 Å². The van der Waals surface area contributed by atoms with Crippen molar-refractivity contribution in [3.8, 4) is 0 Å². The smallest absolute Gasteiger partial charge is 0.325 e. The molecule has 0 atom stereocenters. The minimum absolute atomic E-state index is 0.0258. The van der Waals surface area contributed by atoms with Crippen LogP contribution in [0, 0.1) is 0 Å². The Balaban J connectivity index is 2.70. The van der Waals surface area contributed by atoms with Crippen LogP contribution < -0.4 is 5.32 Å². The molecule has 0 spiro atoms. The minimum atomic E-state index is -0.666. The highest BCUT2D eigenvalue weighted by Crippen LogP contribution is 2.31. The second kappa shape index (κ2) is 5.72. The van der Waals surface area contributed by atoms with E-state index in [0.717, 1.165) is 4.47 Å². The van der Waals surface area contributed by atoms with E-state index in [1.54, 1.807) is 11.3 Å². The molecule has 0 aromatic carbocycles. The zero-order chi connectivity index (χ0) is 14.0. The topological polar surface area (TPSA) is 38.3 Å². The number of hydrogen-bond donors (Lipinski definition) is 1. The fourth-order valence-corrected chi connectivity index (χ4v) is 3.08. The molecule has 0 aliphatic carbocycles. The molecule has 0 radical (unpaired) electrons. The molecule has 0 saturated heterocycles. The molecule has 1 aromatic heterocycles. The third-order valence-electron chi connectivity index (χ3n) is 2.90. The second-order valence-electron chi connectivity index (χ2n) is 5.48. The number of halogens is 1. The highest BCUT2D eigenvalue weighted by molar-refractivity contribution is 9.10. The number of carbonyl (C=O) groups excluding carboxylic acids is 1. The minimum Gasteiger partial charge on any atom is -0.468 e. The van der Waals surface area contributed by atoms with E-state index < -0.39 is 5.54 Å². The first kappa shape index (κ1) is 15.7. The van der Waals surface area contributed by atoms with E-state index in [0.29, 0.717) is 6.54 Å². The van der Waals surface area contributed by atoms with Gasteiger partial charge < -0.3 is 10.1 Å². The van der Waals surface area contributed by atoms with Crippen LogP contribution in [0.3, 0.4) is 0 Å². The van der Waals surface area contributed by atoms with Gasteiger partial charge in [-0.3, -0.25) is 4.79 Å². The van der Waals surface area contributed by atoms with Crippen LogP contribution in [0.25, 0.3) is 0 Å². The number of carbonyl (C=O) groups is 1. The van der Waals surface area contributed by atoms with E-state index in [-0.39, 0.29) is 11.4 Å². The summed E-state index contributed by atoms with van der Waals surface area (Å²) in [6, 6.07) is 2.12. The van der Waals surface area contributed by atoms with Gasteiger partial charge >= 0.3 is 5.97 Å². The summed E-state index contributed by atoms with van der Waals surface area (Å²) in [5, 5.41) is 5.35. The highest BCUT2D eigenvalue weighted by atomic mass is 79.9. The lowest BCUT2D eigenvalue weighted by Gasteiger charge is -2.30. The van der Waals surface area contributed by atoms with Crippen molar-refractivity contribution < 1.29 is 9.53 Å². The maximum atomic E-state index is 11.6. The summed E-state index contributed by atoms with van der Waals surface area (Å²) in [6.45, 7) is 8.69. The number of ether oxygens (including phenoxy) is 1. The molecule has 0 aliphatic heterocycles. The highest BCUT2D eigenvalue weighted by Gasteiger charge is 2.31. The van der Waals surface area contributed by atoms with E-state index >= 15 is 0 Å². The molecule has 0 bridgehead atoms. The number of nitrogens with one attached hydrogen (secondary N) is 1. The van der Waals surface area contributed by atoms with Crippen LogP contribution in [-0.2, 0) is 14.9 Å². The van der Waals surface area contributed by atoms with Crippen molar-refractivity contribution in [1.29, 1.82) is 0 Å². The lowest BCUT2D eigenvalue weighted by Crippen LogP contribution is -2.51. The normalized spacial score (nSPS) is 12.6. The Labute approximate surface area is 121 Å². The van der Waals surface area contributed by atoms with Crippen molar-refractivity contribution in [2.45, 2.75) is 38.6 Å². The summed E-state index contributed by atoms with van der Waals surface area (Å²) >= 11 is 5.18. The lowest BCUT2D eigenvalue weighted by molar-refractivity contribution is -0.147. The van der Waals surface area contributed by atoms with Crippen molar-refractivity contribution in [3.63, 3.8) is 0 Å². The number of thiophene rings is 1. The van der Waals surface area contributed by atoms with Gasteiger partial charge in [-0.1, -0.05) is 13.8 Å². The Hall–Kier alpha value is -0.390. The Morgan fingerprint density at radius 3 is 2.50 bits per heavy atom. The van der Waals surface area contributed by atoms with E-state index in [9.17, 15) is 4.79 Å². The molecule has 1 rings (SSSR count). The lowest BCUT2D eigenvalue weighted by atomic mass is 9.90. The molecule has 0 amide bonds. The number of methoxy groups -OCH3 is 1. The first-order chi connectivity index (χ1) is 8.19. The van der Waals surface area contributed by atoms with Crippen LogP contribution in [0.15, 0.2) is 15.9 Å². The molecule has 1 heterocycles. The molecule has 0 aliphatic rings. The van der Waals surface area contributed by atoms with Gasteiger partial charge in [0.15, 0.2) is 0 Å². The number of rotatable bonds is 5. The van der Waals surface area contributed by atoms with Crippen LogP contribution in [0.4, 0.5) is 0 Å². The van der Waals surface area contributed by atoms with E-state index in [2.05, 4.69) is 46.5 Å². The monoisotopic (exact) mass is 333 g/mol. The van der Waals surface area contributed by atoms with Crippen LogP contribution in [0.1, 0.15) is 32.6 Å². The predicted molar refractivity (Wildman–Crippen MR) is 79.1 cm³/mol. The molecule has 1 N–H and O–H groups in total. The van der Waals surface area contributed by atoms with Gasteiger partial charge in [0.05, 0.1) is 7.11 Å². The molecule has 5 heteroatoms. The molecule has 1 aromatic rings. The molecule has 18 heavy (non-hydrogen) atoms. The molecular formula is C13H20BrNO2S. The van der Waals surface area contributed by atoms with Crippen molar-refractivity contribution in [2.24, 2.45) is 0 Å². The van der Waals surface area contributed by atoms with Gasteiger partial charge in [-0.15, -0.1) is 11.3 Å². The zero-order valence-corrected chi connectivity index (χ0v) is 13.9. The Kier molecular flexibility index (Phi) is 4.98. The largest absolute Gasteiger partial charge is 0.468 e. The Bertz CT molecular complexity index is 426. The van der Waals surface area contributed by atoms with E-state index in [1.165, 1.54) is 12.0 Å². The van der Waals surface area contributed by atoms with Crippen molar-refractivity contribution in [3.05, 3.63) is 20.8 Å². The Morgan fingerprint density at radius 2 is 2.06 bits per heavy atom. The standard InChI is InChI=1S/C13H20BrNO2S/c1-12(2,10-6-9(14)7-18-10)8-15-13(3,4)11(16)17-5/h6-7,15H,8H2,1-5H3. The van der Waals surface area contributed by atoms with Gasteiger partial charge in [0, 0.05) is 26.7 Å². The second-order valence-corrected chi connectivity index (χ2v) is 7.31. The summed E-state index contributed by atoms with van der Waals surface area (Å²) in [5.41, 5.74) is -0.692. The fraction of sp³-hybridized carbons (Fsp3) is 0.615. The van der Waals surface area contributed by atoms with Gasteiger partial charge in [-0.25, -0.2) is 0 Å². The molecule has 102 valence electrons. The average Bonchev–Trinajstić information content (AvgIpc) is 2.73. The van der Waals surface area contributed by atoms with Gasteiger partial charge in [0.2, 0.25) is 0 Å². The molecule has 0 saturated carbocycles. The third kappa shape index (κ3) is 3.80. The first-order valence-corrected chi connectivity index (χ1v) is 7.44. The summed E-state index contributed by atoms with van der Waals surface area (Å²) in [5.74, 6) is -0.245. The zero-order valence-electron chi connectivity index (χ0n) is 11.5. The molecule has 0 unspecified atom stereocenters. The van der Waals surface area contributed by atoms with Crippen molar-refractivity contribution in [2.75, 3.05) is 13.7 Å². The van der Waals surface area contributed by atoms with Crippen LogP contribution in [-0.4, -0.2) is 25.2 Å². The van der Waals surface area contributed by atoms with Crippen molar-refractivity contribution in [1.82, 2.24) is 5.32 Å². The summed E-state index contributed by atoms with van der Waals surface area (Å²) in [4.78, 5) is 12.9. The third-order valence-corrected chi connectivity index (χ3v) is 4.96. The van der Waals surface area contributed by atoms with Crippen molar-refractivity contribution >= 4 is 33.2 Å². The summed E-state index contributed by atoms with van der Waals surface area (Å²) in [7, 11) is 1.41. The summed E-state index contributed by atoms with van der Waals surface area (Å²) in [6.07, 6.45) is 0. The van der Waals surface area contributed by atoms with E-state index in [4.69, 9.17) is 4.74 Å². The average molecular weight is 334 g/mol. The van der Waals surface area contributed by atoms with Gasteiger partial charge in [-0.2, -0.15) is 0 Å². The molecule has 0 fully saturated rings. The van der Waals surface area contributed by atoms with Gasteiger partial charge in [0.1, 0.15) is 5.54 Å². The van der Waals surface area contributed by atoms with Gasteiger partial charge in [0.25, 0.3) is 0 Å². The maximum Gasteiger partial charge on any atom is 0.325 e. The van der Waals surface area contributed by atoms with Crippen LogP contribution in [0.2, 0.25) is 0 Å². The maximum absolute atomic E-state index is 11.6. The van der Waals surface area contributed by atoms with Gasteiger partial charge in [-0.05, 0) is 35.8 Å². The number of esters is 1. The van der Waals surface area contributed by atoms with Crippen LogP contribution >= 0.6 is 27.3 Å². The number of hydrogen-bond acceptors (Lipinski definition) is 4. The predicted octanol–water partition coefficient (Wildman–Crippen LogP) is 3.33. The molecular weight excluding hydrogens is 314 g/mol. The quantitative estimate of drug-likeness (QED) is 0.840. The SMILES string of the molecule is COC(=O)C(C)(C)NCC(C)(C)c1cc(Br)cs1. The van der Waals surface area contributed by atoms with E-state index in [1.807, 2.05) is 13.8 Å².